The van der Waals surface area contributed by atoms with Crippen molar-refractivity contribution in [1.82, 2.24) is 25.0 Å². The van der Waals surface area contributed by atoms with Crippen molar-refractivity contribution >= 4 is 11.8 Å². The lowest BCUT2D eigenvalue weighted by molar-refractivity contribution is 0.415. The van der Waals surface area contributed by atoms with Gasteiger partial charge in [-0.2, -0.15) is 5.10 Å². The number of H-pyrrole nitrogens is 1. The number of aromatic amines is 1. The van der Waals surface area contributed by atoms with Crippen LogP contribution in [0, 0.1) is 0 Å². The molecule has 4 rings (SSSR count). The quantitative estimate of drug-likeness (QED) is 0.299. The lowest BCUT2D eigenvalue weighted by Crippen LogP contribution is -2.06. The molecule has 0 fully saturated rings. The molecule has 0 amide bonds. The lowest BCUT2D eigenvalue weighted by Gasteiger charge is -2.11. The summed E-state index contributed by atoms with van der Waals surface area (Å²) in [6, 6.07) is 18.5. The monoisotopic (exact) mass is 419 g/mol. The van der Waals surface area contributed by atoms with Crippen LogP contribution in [0.25, 0.3) is 11.4 Å². The van der Waals surface area contributed by atoms with Gasteiger partial charge in [-0.05, 0) is 54.7 Å². The van der Waals surface area contributed by atoms with Crippen LogP contribution in [0.3, 0.4) is 0 Å². The van der Waals surface area contributed by atoms with E-state index in [-0.39, 0.29) is 0 Å². The predicted molar refractivity (Wildman–Crippen MR) is 120 cm³/mol. The molecule has 0 unspecified atom stereocenters. The molecule has 1 N–H and O–H groups in total. The smallest absolute Gasteiger partial charge is 0.191 e. The van der Waals surface area contributed by atoms with Crippen molar-refractivity contribution in [3.05, 3.63) is 78.1 Å². The molecule has 0 bridgehead atoms. The van der Waals surface area contributed by atoms with E-state index in [1.807, 2.05) is 42.7 Å². The molecule has 154 valence electrons. The predicted octanol–water partition coefficient (Wildman–Crippen LogP) is 4.64. The van der Waals surface area contributed by atoms with Crippen LogP contribution in [-0.4, -0.2) is 37.8 Å². The van der Waals surface area contributed by atoms with E-state index >= 15 is 0 Å². The molecule has 0 aliphatic carbocycles. The second kappa shape index (κ2) is 10.1. The maximum Gasteiger partial charge on any atom is 0.191 e. The number of thioether (sulfide) groups is 1. The van der Waals surface area contributed by atoms with Crippen molar-refractivity contribution in [2.75, 3.05) is 12.9 Å². The van der Waals surface area contributed by atoms with E-state index in [4.69, 9.17) is 4.74 Å². The summed E-state index contributed by atoms with van der Waals surface area (Å²) in [5, 5.41) is 16.9. The zero-order valence-corrected chi connectivity index (χ0v) is 17.8. The van der Waals surface area contributed by atoms with Crippen molar-refractivity contribution in [2.45, 2.75) is 31.0 Å². The van der Waals surface area contributed by atoms with Gasteiger partial charge in [-0.25, -0.2) is 0 Å². The van der Waals surface area contributed by atoms with Gasteiger partial charge in [0.25, 0.3) is 0 Å². The number of methoxy groups -OCH3 is 1. The van der Waals surface area contributed by atoms with Crippen LogP contribution < -0.4 is 4.74 Å². The van der Waals surface area contributed by atoms with Crippen LogP contribution in [0.5, 0.6) is 5.75 Å². The first-order valence-electron chi connectivity index (χ1n) is 10.1. The summed E-state index contributed by atoms with van der Waals surface area (Å²) in [6.45, 7) is 0.836. The number of benzene rings is 2. The number of nitrogens with one attached hydrogen (secondary N) is 1. The Balaban J connectivity index is 1.49. The highest BCUT2D eigenvalue weighted by Crippen LogP contribution is 2.26. The summed E-state index contributed by atoms with van der Waals surface area (Å²) in [5.74, 6) is 2.71. The zero-order chi connectivity index (χ0) is 20.6. The summed E-state index contributed by atoms with van der Waals surface area (Å²) in [5.41, 5.74) is 3.59. The van der Waals surface area contributed by atoms with Crippen molar-refractivity contribution in [3.8, 4) is 17.1 Å². The van der Waals surface area contributed by atoms with Crippen molar-refractivity contribution in [3.63, 3.8) is 0 Å². The lowest BCUT2D eigenvalue weighted by atomic mass is 10.1. The molecule has 0 radical (unpaired) electrons. The Hall–Kier alpha value is -3.06. The van der Waals surface area contributed by atoms with Gasteiger partial charge in [0.2, 0.25) is 0 Å². The molecule has 2 aromatic heterocycles. The minimum atomic E-state index is 0.836. The summed E-state index contributed by atoms with van der Waals surface area (Å²) in [4.78, 5) is 0. The third-order valence-corrected chi connectivity index (χ3v) is 5.98. The maximum absolute atomic E-state index is 5.29. The zero-order valence-electron chi connectivity index (χ0n) is 17.0. The highest BCUT2D eigenvalue weighted by Gasteiger charge is 2.14. The SMILES string of the molecule is COc1ccc(-c2nnc(SCCCc3cn[nH]c3)n2CCc2ccccc2)cc1. The summed E-state index contributed by atoms with van der Waals surface area (Å²) < 4.78 is 7.52. The van der Waals surface area contributed by atoms with Gasteiger partial charge in [0.1, 0.15) is 5.75 Å². The van der Waals surface area contributed by atoms with Gasteiger partial charge in [-0.3, -0.25) is 5.10 Å². The van der Waals surface area contributed by atoms with Crippen LogP contribution in [-0.2, 0) is 19.4 Å². The van der Waals surface area contributed by atoms with Crippen molar-refractivity contribution in [1.29, 1.82) is 0 Å². The van der Waals surface area contributed by atoms with Gasteiger partial charge in [0.15, 0.2) is 11.0 Å². The maximum atomic E-state index is 5.29. The molecular weight excluding hydrogens is 394 g/mol. The van der Waals surface area contributed by atoms with Crippen LogP contribution in [0.4, 0.5) is 0 Å². The van der Waals surface area contributed by atoms with Gasteiger partial charge in [0.05, 0.1) is 13.3 Å². The topological polar surface area (TPSA) is 68.6 Å². The van der Waals surface area contributed by atoms with Gasteiger partial charge in [-0.15, -0.1) is 10.2 Å². The molecule has 0 aliphatic rings. The average molecular weight is 420 g/mol. The number of aryl methyl sites for hydroxylation is 2. The molecule has 2 heterocycles. The number of hydrogen-bond acceptors (Lipinski definition) is 5. The molecule has 6 nitrogen and oxygen atoms in total. The number of ether oxygens (including phenoxy) is 1. The average Bonchev–Trinajstić information content (AvgIpc) is 3.46. The molecule has 4 aromatic rings. The van der Waals surface area contributed by atoms with E-state index < -0.39 is 0 Å². The standard InChI is InChI=1S/C23H25N5OS/c1-29-21-11-9-20(10-12-21)22-26-27-23(30-15-5-8-19-16-24-25-17-19)28(22)14-13-18-6-3-2-4-7-18/h2-4,6-7,9-12,16-17H,5,8,13-15H2,1H3,(H,24,25). The van der Waals surface area contributed by atoms with Gasteiger partial charge < -0.3 is 9.30 Å². The first kappa shape index (κ1) is 20.2. The molecule has 0 saturated carbocycles. The highest BCUT2D eigenvalue weighted by atomic mass is 32.2. The number of nitrogens with zero attached hydrogens (tertiary/aromatic N) is 4. The molecule has 0 saturated heterocycles. The van der Waals surface area contributed by atoms with Gasteiger partial charge in [-0.1, -0.05) is 42.1 Å². The number of aromatic nitrogens is 5. The largest absolute Gasteiger partial charge is 0.497 e. The fourth-order valence-corrected chi connectivity index (χ4v) is 4.19. The number of rotatable bonds is 10. The third kappa shape index (κ3) is 5.10. The van der Waals surface area contributed by atoms with Crippen LogP contribution in [0.2, 0.25) is 0 Å². The Labute approximate surface area is 180 Å². The fourth-order valence-electron chi connectivity index (χ4n) is 3.29. The van der Waals surface area contributed by atoms with Gasteiger partial charge >= 0.3 is 0 Å². The third-order valence-electron chi connectivity index (χ3n) is 4.93. The van der Waals surface area contributed by atoms with Crippen LogP contribution >= 0.6 is 11.8 Å². The summed E-state index contributed by atoms with van der Waals surface area (Å²) in [6.07, 6.45) is 6.84. The Morgan fingerprint density at radius 2 is 1.80 bits per heavy atom. The van der Waals surface area contributed by atoms with E-state index in [0.717, 1.165) is 53.9 Å². The Kier molecular flexibility index (Phi) is 6.82. The Morgan fingerprint density at radius 3 is 2.53 bits per heavy atom. The minimum absolute atomic E-state index is 0.836. The molecule has 0 atom stereocenters. The summed E-state index contributed by atoms with van der Waals surface area (Å²) in [7, 11) is 1.68. The molecule has 0 aliphatic heterocycles. The molecule has 0 spiro atoms. The fraction of sp³-hybridized carbons (Fsp3) is 0.261. The van der Waals surface area contributed by atoms with E-state index in [1.165, 1.54) is 11.1 Å². The summed E-state index contributed by atoms with van der Waals surface area (Å²) >= 11 is 1.76. The first-order valence-corrected chi connectivity index (χ1v) is 11.0. The van der Waals surface area contributed by atoms with E-state index in [0.29, 0.717) is 0 Å². The Morgan fingerprint density at radius 1 is 0.967 bits per heavy atom. The van der Waals surface area contributed by atoms with Crippen molar-refractivity contribution < 1.29 is 4.74 Å². The highest BCUT2D eigenvalue weighted by molar-refractivity contribution is 7.99. The van der Waals surface area contributed by atoms with Crippen LogP contribution in [0.15, 0.2) is 72.1 Å². The first-order chi connectivity index (χ1) is 14.8. The second-order valence-corrected chi connectivity index (χ2v) is 8.04. The van der Waals surface area contributed by atoms with Crippen molar-refractivity contribution in [2.24, 2.45) is 0 Å². The molecular formula is C23H25N5OS. The van der Waals surface area contributed by atoms with E-state index in [9.17, 15) is 0 Å². The number of hydrogen-bond donors (Lipinski definition) is 1. The van der Waals surface area contributed by atoms with Crippen LogP contribution in [0.1, 0.15) is 17.5 Å². The van der Waals surface area contributed by atoms with E-state index in [2.05, 4.69) is 49.2 Å². The molecule has 2 aromatic carbocycles. The molecule has 30 heavy (non-hydrogen) atoms. The second-order valence-electron chi connectivity index (χ2n) is 6.98. The minimum Gasteiger partial charge on any atom is -0.497 e. The van der Waals surface area contributed by atoms with Gasteiger partial charge in [0, 0.05) is 24.1 Å². The Bertz CT molecular complexity index is 1030. The molecule has 7 heteroatoms. The normalized spacial score (nSPS) is 11.0. The van der Waals surface area contributed by atoms with E-state index in [1.54, 1.807) is 18.9 Å².